The van der Waals surface area contributed by atoms with Crippen LogP contribution in [0, 0.1) is 6.92 Å². The monoisotopic (exact) mass is 489 g/mol. The molecule has 0 radical (unpaired) electrons. The summed E-state index contributed by atoms with van der Waals surface area (Å²) in [4.78, 5) is 29.9. The molecule has 3 rings (SSSR count). The van der Waals surface area contributed by atoms with Gasteiger partial charge in [-0.2, -0.15) is 0 Å². The lowest BCUT2D eigenvalue weighted by molar-refractivity contribution is 0.0978. The number of pyridine rings is 1. The molecule has 0 aliphatic rings. The van der Waals surface area contributed by atoms with E-state index >= 15 is 0 Å². The van der Waals surface area contributed by atoms with E-state index in [1.807, 2.05) is 31.3 Å². The molecule has 0 fully saturated rings. The minimum atomic E-state index is 0.247. The fourth-order valence-electron chi connectivity index (χ4n) is 4.64. The number of rotatable bonds is 17. The summed E-state index contributed by atoms with van der Waals surface area (Å²) in [5, 5.41) is 0. The average molecular weight is 490 g/mol. The second-order valence-electron chi connectivity index (χ2n) is 9.72. The number of unbranched alkanes of at least 4 members (excludes halogenated alkanes) is 2. The summed E-state index contributed by atoms with van der Waals surface area (Å²) in [7, 11) is 0. The number of imidazole rings is 1. The number of aryl methyl sites for hydroxylation is 1. The molecule has 0 saturated heterocycles. The summed E-state index contributed by atoms with van der Waals surface area (Å²) < 4.78 is 0. The molecule has 1 aromatic carbocycles. The Morgan fingerprint density at radius 1 is 0.861 bits per heavy atom. The van der Waals surface area contributed by atoms with Crippen molar-refractivity contribution < 1.29 is 4.79 Å². The summed E-state index contributed by atoms with van der Waals surface area (Å²) in [6.07, 6.45) is 9.93. The van der Waals surface area contributed by atoms with Crippen LogP contribution in [0.4, 0.5) is 0 Å². The number of H-pyrrole nitrogens is 1. The molecule has 0 unspecified atom stereocenters. The largest absolute Gasteiger partial charge is 0.348 e. The number of hydrogen-bond donors (Lipinski definition) is 1. The Morgan fingerprint density at radius 3 is 2.31 bits per heavy atom. The maximum atomic E-state index is 12.7. The Kier molecular flexibility index (Phi) is 11.8. The number of benzene rings is 1. The Hall–Kier alpha value is -2.83. The molecule has 2 heterocycles. The van der Waals surface area contributed by atoms with Gasteiger partial charge in [0.25, 0.3) is 0 Å². The van der Waals surface area contributed by atoms with Crippen molar-refractivity contribution >= 4 is 5.78 Å². The Labute approximate surface area is 217 Å². The van der Waals surface area contributed by atoms with Gasteiger partial charge in [0, 0.05) is 43.2 Å². The highest BCUT2D eigenvalue weighted by atomic mass is 16.1. The summed E-state index contributed by atoms with van der Waals surface area (Å²) in [5.41, 5.74) is 4.06. The van der Waals surface area contributed by atoms with E-state index in [4.69, 9.17) is 0 Å². The van der Waals surface area contributed by atoms with E-state index in [1.54, 1.807) is 6.20 Å². The minimum Gasteiger partial charge on any atom is -0.348 e. The first kappa shape index (κ1) is 27.8. The van der Waals surface area contributed by atoms with Crippen molar-refractivity contribution in [3.8, 4) is 0 Å². The van der Waals surface area contributed by atoms with Gasteiger partial charge in [-0.15, -0.1) is 0 Å². The molecular formula is C30H43N5O. The van der Waals surface area contributed by atoms with Crippen molar-refractivity contribution in [3.63, 3.8) is 0 Å². The number of Topliss-reactive ketones (excluding diaryl/α,β-unsaturated/α-hetero) is 1. The number of aromatic nitrogens is 3. The van der Waals surface area contributed by atoms with Crippen molar-refractivity contribution in [3.05, 3.63) is 83.2 Å². The first-order valence-electron chi connectivity index (χ1n) is 13.5. The predicted molar refractivity (Wildman–Crippen MR) is 147 cm³/mol. The van der Waals surface area contributed by atoms with Crippen LogP contribution in [0.2, 0.25) is 0 Å². The van der Waals surface area contributed by atoms with Gasteiger partial charge in [-0.1, -0.05) is 50.6 Å². The second-order valence-corrected chi connectivity index (χ2v) is 9.72. The van der Waals surface area contributed by atoms with Gasteiger partial charge in [-0.3, -0.25) is 14.7 Å². The summed E-state index contributed by atoms with van der Waals surface area (Å²) in [5.74, 6) is 1.18. The first-order valence-corrected chi connectivity index (χ1v) is 13.5. The molecule has 0 atom stereocenters. The zero-order valence-corrected chi connectivity index (χ0v) is 22.4. The maximum Gasteiger partial charge on any atom is 0.162 e. The van der Waals surface area contributed by atoms with Gasteiger partial charge in [0.15, 0.2) is 5.78 Å². The predicted octanol–water partition coefficient (Wildman–Crippen LogP) is 6.18. The van der Waals surface area contributed by atoms with Crippen LogP contribution >= 0.6 is 0 Å². The molecule has 0 aliphatic carbocycles. The molecule has 0 aliphatic heterocycles. The zero-order chi connectivity index (χ0) is 25.6. The van der Waals surface area contributed by atoms with Crippen LogP contribution in [0.1, 0.15) is 85.5 Å². The van der Waals surface area contributed by atoms with Gasteiger partial charge in [-0.05, 0) is 69.9 Å². The van der Waals surface area contributed by atoms with Crippen LogP contribution in [0.25, 0.3) is 0 Å². The third-order valence-electron chi connectivity index (χ3n) is 6.40. The highest BCUT2D eigenvalue weighted by Crippen LogP contribution is 2.15. The number of ketones is 1. The van der Waals surface area contributed by atoms with Crippen LogP contribution in [-0.2, 0) is 19.6 Å². The van der Waals surface area contributed by atoms with Gasteiger partial charge >= 0.3 is 0 Å². The lowest BCUT2D eigenvalue weighted by Crippen LogP contribution is -2.26. The molecule has 1 N–H and O–H groups in total. The number of carbonyl (C=O) groups is 1. The lowest BCUT2D eigenvalue weighted by Gasteiger charge is -2.21. The van der Waals surface area contributed by atoms with Crippen LogP contribution < -0.4 is 0 Å². The number of nitrogens with zero attached hydrogens (tertiary/aromatic N) is 4. The Bertz CT molecular complexity index is 1010. The highest BCUT2D eigenvalue weighted by Gasteiger charge is 2.12. The van der Waals surface area contributed by atoms with E-state index in [9.17, 15) is 4.79 Å². The molecule has 36 heavy (non-hydrogen) atoms. The molecule has 3 aromatic rings. The summed E-state index contributed by atoms with van der Waals surface area (Å²) in [6.45, 7) is 12.2. The normalized spacial score (nSPS) is 11.5. The molecule has 6 nitrogen and oxygen atoms in total. The topological polar surface area (TPSA) is 65.1 Å². The van der Waals surface area contributed by atoms with Gasteiger partial charge in [-0.25, -0.2) is 4.98 Å². The molecule has 2 aromatic heterocycles. The van der Waals surface area contributed by atoms with Gasteiger partial charge in [0.1, 0.15) is 5.82 Å². The minimum absolute atomic E-state index is 0.247. The van der Waals surface area contributed by atoms with Crippen LogP contribution in [0.5, 0.6) is 0 Å². The SMILES string of the molecule is CCCN(CCC)CCCCCC(=O)c1ccc(CN(Cc2cccc(C)n2)Cc2ncc[nH]2)cc1. The van der Waals surface area contributed by atoms with Gasteiger partial charge in [0.05, 0.1) is 12.2 Å². The van der Waals surface area contributed by atoms with Gasteiger partial charge < -0.3 is 9.88 Å². The molecule has 194 valence electrons. The first-order chi connectivity index (χ1) is 17.6. The molecule has 0 bridgehead atoms. The fourth-order valence-corrected chi connectivity index (χ4v) is 4.64. The molecule has 0 saturated carbocycles. The van der Waals surface area contributed by atoms with Gasteiger partial charge in [0.2, 0.25) is 0 Å². The fraction of sp³-hybridized carbons (Fsp3) is 0.500. The average Bonchev–Trinajstić information content (AvgIpc) is 3.37. The van der Waals surface area contributed by atoms with Crippen molar-refractivity contribution in [2.45, 2.75) is 78.9 Å². The summed E-state index contributed by atoms with van der Waals surface area (Å²) in [6, 6.07) is 14.3. The van der Waals surface area contributed by atoms with Crippen molar-refractivity contribution in [2.75, 3.05) is 19.6 Å². The van der Waals surface area contributed by atoms with E-state index < -0.39 is 0 Å². The van der Waals surface area contributed by atoms with E-state index in [2.05, 4.69) is 62.9 Å². The molecular weight excluding hydrogens is 446 g/mol. The lowest BCUT2D eigenvalue weighted by atomic mass is 10.0. The molecule has 0 amide bonds. The van der Waals surface area contributed by atoms with Crippen molar-refractivity contribution in [1.82, 2.24) is 24.8 Å². The number of carbonyl (C=O) groups excluding carboxylic acids is 1. The van der Waals surface area contributed by atoms with Crippen LogP contribution in [0.3, 0.4) is 0 Å². The number of aromatic amines is 1. The number of nitrogens with one attached hydrogen (secondary N) is 1. The standard InChI is InChI=1S/C30H43N5O/c1-4-19-34(20-5-2)21-8-6-7-12-29(36)27-15-13-26(14-16-27)22-35(24-30-31-17-18-32-30)23-28-11-9-10-25(3)33-28/h9-11,13-18H,4-8,12,19-24H2,1-3H3,(H,31,32). The Balaban J connectivity index is 1.49. The summed E-state index contributed by atoms with van der Waals surface area (Å²) >= 11 is 0. The highest BCUT2D eigenvalue weighted by molar-refractivity contribution is 5.96. The second kappa shape index (κ2) is 15.3. The van der Waals surface area contributed by atoms with E-state index in [-0.39, 0.29) is 5.78 Å². The third kappa shape index (κ3) is 9.67. The maximum absolute atomic E-state index is 12.7. The Morgan fingerprint density at radius 2 is 1.64 bits per heavy atom. The van der Waals surface area contributed by atoms with Crippen LogP contribution in [-0.4, -0.2) is 50.2 Å². The smallest absolute Gasteiger partial charge is 0.162 e. The van der Waals surface area contributed by atoms with E-state index in [0.717, 1.165) is 55.3 Å². The quantitative estimate of drug-likeness (QED) is 0.181. The number of hydrogen-bond acceptors (Lipinski definition) is 5. The van der Waals surface area contributed by atoms with Crippen molar-refractivity contribution in [2.24, 2.45) is 0 Å². The molecule has 6 heteroatoms. The molecule has 0 spiro atoms. The zero-order valence-electron chi connectivity index (χ0n) is 22.4. The van der Waals surface area contributed by atoms with Crippen molar-refractivity contribution in [1.29, 1.82) is 0 Å². The van der Waals surface area contributed by atoms with Crippen LogP contribution in [0.15, 0.2) is 54.9 Å². The van der Waals surface area contributed by atoms with E-state index in [0.29, 0.717) is 13.0 Å². The van der Waals surface area contributed by atoms with E-state index in [1.165, 1.54) is 37.9 Å². The third-order valence-corrected chi connectivity index (χ3v) is 6.40.